The monoisotopic (exact) mass is 340 g/mol. The summed E-state index contributed by atoms with van der Waals surface area (Å²) in [6.07, 6.45) is 0.888. The molecule has 0 radical (unpaired) electrons. The highest BCUT2D eigenvalue weighted by atomic mass is 79.9. The van der Waals surface area contributed by atoms with Crippen LogP contribution in [0.1, 0.15) is 17.5 Å². The molecule has 1 aliphatic heterocycles. The first-order valence-electron chi connectivity index (χ1n) is 7.16. The summed E-state index contributed by atoms with van der Waals surface area (Å²) in [6, 6.07) is 21.1. The Kier molecular flexibility index (Phi) is 4.10. The van der Waals surface area contributed by atoms with Crippen molar-refractivity contribution in [3.05, 3.63) is 70.2 Å². The lowest BCUT2D eigenvalue weighted by molar-refractivity contribution is 0.317. The van der Waals surface area contributed by atoms with Gasteiger partial charge < -0.3 is 0 Å². The van der Waals surface area contributed by atoms with E-state index in [0.717, 1.165) is 36.1 Å². The molecule has 1 unspecified atom stereocenters. The highest BCUT2D eigenvalue weighted by Gasteiger charge is 2.40. The van der Waals surface area contributed by atoms with Gasteiger partial charge in [-0.05, 0) is 23.6 Å². The molecule has 0 amide bonds. The van der Waals surface area contributed by atoms with Crippen molar-refractivity contribution in [2.75, 3.05) is 13.1 Å². The summed E-state index contributed by atoms with van der Waals surface area (Å²) in [5.41, 5.74) is 2.02. The fourth-order valence-electron chi connectivity index (χ4n) is 3.09. The molecule has 0 bridgehead atoms. The van der Waals surface area contributed by atoms with Crippen molar-refractivity contribution >= 4 is 15.9 Å². The van der Waals surface area contributed by atoms with Gasteiger partial charge >= 0.3 is 0 Å². The SMILES string of the molecule is N#CC1(c2ccccc2Br)CCN(Cc2ccccc2)C1. The molecule has 0 spiro atoms. The highest BCUT2D eigenvalue weighted by Crippen LogP contribution is 2.38. The second kappa shape index (κ2) is 6.01. The first-order chi connectivity index (χ1) is 10.2. The summed E-state index contributed by atoms with van der Waals surface area (Å²) >= 11 is 3.60. The van der Waals surface area contributed by atoms with E-state index >= 15 is 0 Å². The molecule has 1 heterocycles. The Morgan fingerprint density at radius 1 is 1.10 bits per heavy atom. The Bertz CT molecular complexity index is 662. The van der Waals surface area contributed by atoms with Crippen molar-refractivity contribution in [3.8, 4) is 6.07 Å². The number of nitriles is 1. The molecule has 2 aromatic rings. The minimum absolute atomic E-state index is 0.394. The van der Waals surface area contributed by atoms with E-state index in [4.69, 9.17) is 0 Å². The molecular weight excluding hydrogens is 324 g/mol. The first kappa shape index (κ1) is 14.3. The number of benzene rings is 2. The Hall–Kier alpha value is -1.63. The lowest BCUT2D eigenvalue weighted by Crippen LogP contribution is -2.29. The van der Waals surface area contributed by atoms with Gasteiger partial charge in [0.1, 0.15) is 0 Å². The van der Waals surface area contributed by atoms with Crippen molar-refractivity contribution in [3.63, 3.8) is 0 Å². The molecule has 1 aliphatic rings. The van der Waals surface area contributed by atoms with Gasteiger partial charge in [-0.15, -0.1) is 0 Å². The minimum Gasteiger partial charge on any atom is -0.297 e. The van der Waals surface area contributed by atoms with Gasteiger partial charge in [-0.1, -0.05) is 64.5 Å². The lowest BCUT2D eigenvalue weighted by atomic mass is 9.81. The van der Waals surface area contributed by atoms with Gasteiger partial charge in [0.05, 0.1) is 11.5 Å². The first-order valence-corrected chi connectivity index (χ1v) is 7.95. The molecule has 0 saturated carbocycles. The van der Waals surface area contributed by atoms with E-state index < -0.39 is 5.41 Å². The van der Waals surface area contributed by atoms with Crippen LogP contribution in [0.5, 0.6) is 0 Å². The molecule has 0 aromatic heterocycles. The molecule has 1 atom stereocenters. The van der Waals surface area contributed by atoms with Crippen molar-refractivity contribution in [1.82, 2.24) is 4.90 Å². The minimum atomic E-state index is -0.394. The van der Waals surface area contributed by atoms with Crippen molar-refractivity contribution in [2.45, 2.75) is 18.4 Å². The van der Waals surface area contributed by atoms with Crippen LogP contribution >= 0.6 is 15.9 Å². The van der Waals surface area contributed by atoms with E-state index in [-0.39, 0.29) is 0 Å². The van der Waals surface area contributed by atoms with Gasteiger partial charge in [-0.25, -0.2) is 0 Å². The van der Waals surface area contributed by atoms with Crippen LogP contribution in [0.2, 0.25) is 0 Å². The summed E-state index contributed by atoms with van der Waals surface area (Å²) in [4.78, 5) is 2.37. The molecule has 0 N–H and O–H groups in total. The highest BCUT2D eigenvalue weighted by molar-refractivity contribution is 9.10. The van der Waals surface area contributed by atoms with Crippen LogP contribution in [0.15, 0.2) is 59.1 Å². The summed E-state index contributed by atoms with van der Waals surface area (Å²) in [5, 5.41) is 9.78. The van der Waals surface area contributed by atoms with Gasteiger partial charge in [0, 0.05) is 24.1 Å². The van der Waals surface area contributed by atoms with Crippen LogP contribution in [0.25, 0.3) is 0 Å². The smallest absolute Gasteiger partial charge is 0.0971 e. The molecule has 2 nitrogen and oxygen atoms in total. The lowest BCUT2D eigenvalue weighted by Gasteiger charge is -2.23. The van der Waals surface area contributed by atoms with E-state index in [9.17, 15) is 5.26 Å². The number of nitrogens with zero attached hydrogens (tertiary/aromatic N) is 2. The van der Waals surface area contributed by atoms with Gasteiger partial charge in [-0.2, -0.15) is 5.26 Å². The van der Waals surface area contributed by atoms with Gasteiger partial charge in [0.15, 0.2) is 0 Å². The number of likely N-dealkylation sites (tertiary alicyclic amines) is 1. The topological polar surface area (TPSA) is 27.0 Å². The van der Waals surface area contributed by atoms with Crippen molar-refractivity contribution in [1.29, 1.82) is 5.26 Å². The maximum absolute atomic E-state index is 9.78. The summed E-state index contributed by atoms with van der Waals surface area (Å²) in [5.74, 6) is 0. The quantitative estimate of drug-likeness (QED) is 0.840. The maximum atomic E-state index is 9.78. The number of hydrogen-bond donors (Lipinski definition) is 0. The second-order valence-corrected chi connectivity index (χ2v) is 6.47. The third-order valence-electron chi connectivity index (χ3n) is 4.20. The predicted molar refractivity (Wildman–Crippen MR) is 87.8 cm³/mol. The molecule has 3 heteroatoms. The zero-order chi connectivity index (χ0) is 14.7. The van der Waals surface area contributed by atoms with E-state index in [1.54, 1.807) is 0 Å². The predicted octanol–water partition coefficient (Wildman–Crippen LogP) is 4.12. The summed E-state index contributed by atoms with van der Waals surface area (Å²) in [6.45, 7) is 2.67. The summed E-state index contributed by atoms with van der Waals surface area (Å²) < 4.78 is 1.04. The van der Waals surface area contributed by atoms with Crippen LogP contribution in [-0.4, -0.2) is 18.0 Å². The third kappa shape index (κ3) is 2.88. The Balaban J connectivity index is 1.81. The largest absolute Gasteiger partial charge is 0.297 e. The van der Waals surface area contributed by atoms with Crippen LogP contribution in [-0.2, 0) is 12.0 Å². The third-order valence-corrected chi connectivity index (χ3v) is 4.89. The molecule has 1 fully saturated rings. The average molecular weight is 341 g/mol. The molecule has 1 saturated heterocycles. The zero-order valence-electron chi connectivity index (χ0n) is 11.8. The fourth-order valence-corrected chi connectivity index (χ4v) is 3.75. The number of hydrogen-bond acceptors (Lipinski definition) is 2. The van der Waals surface area contributed by atoms with Gasteiger partial charge in [0.25, 0.3) is 0 Å². The van der Waals surface area contributed by atoms with Crippen LogP contribution in [0, 0.1) is 11.3 Å². The average Bonchev–Trinajstić information content (AvgIpc) is 2.93. The van der Waals surface area contributed by atoms with E-state index in [1.807, 2.05) is 24.3 Å². The molecule has 106 valence electrons. The van der Waals surface area contributed by atoms with Crippen LogP contribution < -0.4 is 0 Å². The molecule has 0 aliphatic carbocycles. The fraction of sp³-hybridized carbons (Fsp3) is 0.278. The summed E-state index contributed by atoms with van der Waals surface area (Å²) in [7, 11) is 0. The van der Waals surface area contributed by atoms with Crippen LogP contribution in [0.3, 0.4) is 0 Å². The molecule has 21 heavy (non-hydrogen) atoms. The van der Waals surface area contributed by atoms with Crippen molar-refractivity contribution < 1.29 is 0 Å². The Morgan fingerprint density at radius 2 is 1.81 bits per heavy atom. The number of halogens is 1. The second-order valence-electron chi connectivity index (χ2n) is 5.62. The van der Waals surface area contributed by atoms with E-state index in [2.05, 4.69) is 57.2 Å². The normalized spacial score (nSPS) is 22.1. The Labute approximate surface area is 134 Å². The van der Waals surface area contributed by atoms with E-state index in [1.165, 1.54) is 5.56 Å². The zero-order valence-corrected chi connectivity index (χ0v) is 13.4. The standard InChI is InChI=1S/C18H17BrN2/c19-17-9-5-4-8-16(17)18(13-20)10-11-21(14-18)12-15-6-2-1-3-7-15/h1-9H,10-12,14H2. The maximum Gasteiger partial charge on any atom is 0.0971 e. The molecule has 2 aromatic carbocycles. The van der Waals surface area contributed by atoms with Crippen LogP contribution in [0.4, 0.5) is 0 Å². The van der Waals surface area contributed by atoms with Gasteiger partial charge in [-0.3, -0.25) is 4.90 Å². The molecule has 3 rings (SSSR count). The molecular formula is C18H17BrN2. The van der Waals surface area contributed by atoms with Crippen molar-refractivity contribution in [2.24, 2.45) is 0 Å². The van der Waals surface area contributed by atoms with Gasteiger partial charge in [0.2, 0.25) is 0 Å². The van der Waals surface area contributed by atoms with E-state index in [0.29, 0.717) is 0 Å². The Morgan fingerprint density at radius 3 is 2.52 bits per heavy atom. The number of rotatable bonds is 3.